The van der Waals surface area contributed by atoms with E-state index in [9.17, 15) is 9.50 Å². The number of aliphatic hydroxyl groups excluding tert-OH is 1. The van der Waals surface area contributed by atoms with Crippen molar-refractivity contribution in [2.75, 3.05) is 11.9 Å². The maximum atomic E-state index is 13.0. The van der Waals surface area contributed by atoms with Gasteiger partial charge in [-0.05, 0) is 36.8 Å². The zero-order valence-electron chi connectivity index (χ0n) is 11.2. The van der Waals surface area contributed by atoms with Crippen molar-refractivity contribution in [3.05, 3.63) is 63.9 Å². The molecular weight excluding hydrogens is 321 g/mol. The van der Waals surface area contributed by atoms with Crippen LogP contribution in [0, 0.1) is 12.7 Å². The van der Waals surface area contributed by atoms with Crippen LogP contribution in [0.5, 0.6) is 0 Å². The van der Waals surface area contributed by atoms with Gasteiger partial charge in [0.2, 0.25) is 0 Å². The van der Waals surface area contributed by atoms with Gasteiger partial charge < -0.3 is 10.4 Å². The van der Waals surface area contributed by atoms with E-state index < -0.39 is 6.10 Å². The summed E-state index contributed by atoms with van der Waals surface area (Å²) in [5.41, 5.74) is 2.90. The topological polar surface area (TPSA) is 32.3 Å². The Hall–Kier alpha value is -1.39. The summed E-state index contributed by atoms with van der Waals surface area (Å²) in [6.07, 6.45) is 0.0151. The molecule has 2 N–H and O–H groups in total. The van der Waals surface area contributed by atoms with E-state index >= 15 is 0 Å². The Morgan fingerprint density at radius 3 is 2.80 bits per heavy atom. The Bertz CT molecular complexity index is 588. The summed E-state index contributed by atoms with van der Waals surface area (Å²) in [5.74, 6) is -0.286. The van der Waals surface area contributed by atoms with Crippen LogP contribution in [0.25, 0.3) is 0 Å². The van der Waals surface area contributed by atoms with Gasteiger partial charge in [0, 0.05) is 23.1 Å². The molecule has 0 amide bonds. The Morgan fingerprint density at radius 1 is 1.25 bits per heavy atom. The molecular formula is C16H17BrFNO. The van der Waals surface area contributed by atoms with Crippen molar-refractivity contribution in [1.29, 1.82) is 0 Å². The standard InChI is InChI=1S/C16H17BrFNO/c1-11-5-6-16(17)12(7-11)8-15(20)10-19-14-4-2-3-13(18)9-14/h2-7,9,15,19-20H,8,10H2,1H3/t15-/m0/s1. The predicted molar refractivity (Wildman–Crippen MR) is 83.5 cm³/mol. The molecule has 0 aliphatic carbocycles. The van der Waals surface area contributed by atoms with Crippen LogP contribution in [-0.2, 0) is 6.42 Å². The summed E-state index contributed by atoms with van der Waals surface area (Å²) in [6, 6.07) is 12.3. The minimum Gasteiger partial charge on any atom is -0.391 e. The van der Waals surface area contributed by atoms with E-state index in [1.807, 2.05) is 19.1 Å². The molecule has 4 heteroatoms. The minimum atomic E-state index is -0.531. The molecule has 0 aliphatic heterocycles. The molecule has 106 valence electrons. The average molecular weight is 338 g/mol. The van der Waals surface area contributed by atoms with Crippen LogP contribution in [0.1, 0.15) is 11.1 Å². The highest BCUT2D eigenvalue weighted by Gasteiger charge is 2.09. The third-order valence-corrected chi connectivity index (χ3v) is 3.80. The summed E-state index contributed by atoms with van der Waals surface area (Å²) in [5, 5.41) is 13.1. The number of halogens is 2. The van der Waals surface area contributed by atoms with Crippen molar-refractivity contribution in [3.8, 4) is 0 Å². The van der Waals surface area contributed by atoms with Crippen molar-refractivity contribution in [1.82, 2.24) is 0 Å². The van der Waals surface area contributed by atoms with Gasteiger partial charge in [-0.25, -0.2) is 4.39 Å². The molecule has 20 heavy (non-hydrogen) atoms. The first kappa shape index (κ1) is 15.0. The fourth-order valence-corrected chi connectivity index (χ4v) is 2.43. The van der Waals surface area contributed by atoms with Crippen LogP contribution in [-0.4, -0.2) is 17.8 Å². The third-order valence-electron chi connectivity index (χ3n) is 3.02. The van der Waals surface area contributed by atoms with Gasteiger partial charge in [-0.2, -0.15) is 0 Å². The molecule has 0 saturated heterocycles. The molecule has 0 unspecified atom stereocenters. The summed E-state index contributed by atoms with van der Waals surface area (Å²) < 4.78 is 14.0. The summed E-state index contributed by atoms with van der Waals surface area (Å²) in [7, 11) is 0. The molecule has 2 nitrogen and oxygen atoms in total. The molecule has 0 radical (unpaired) electrons. The Labute approximate surface area is 126 Å². The Kier molecular flexibility index (Phi) is 5.15. The van der Waals surface area contributed by atoms with Crippen LogP contribution < -0.4 is 5.32 Å². The highest BCUT2D eigenvalue weighted by Crippen LogP contribution is 2.20. The van der Waals surface area contributed by atoms with E-state index in [0.717, 1.165) is 15.6 Å². The van der Waals surface area contributed by atoms with E-state index in [-0.39, 0.29) is 5.82 Å². The van der Waals surface area contributed by atoms with E-state index in [4.69, 9.17) is 0 Å². The molecule has 1 atom stereocenters. The lowest BCUT2D eigenvalue weighted by molar-refractivity contribution is 0.188. The fraction of sp³-hybridized carbons (Fsp3) is 0.250. The van der Waals surface area contributed by atoms with Crippen LogP contribution in [0.4, 0.5) is 10.1 Å². The smallest absolute Gasteiger partial charge is 0.125 e. The molecule has 0 saturated carbocycles. The van der Waals surface area contributed by atoms with E-state index in [1.165, 1.54) is 12.1 Å². The van der Waals surface area contributed by atoms with Gasteiger partial charge in [-0.3, -0.25) is 0 Å². The number of hydrogen-bond donors (Lipinski definition) is 2. The van der Waals surface area contributed by atoms with Gasteiger partial charge >= 0.3 is 0 Å². The largest absolute Gasteiger partial charge is 0.391 e. The maximum Gasteiger partial charge on any atom is 0.125 e. The summed E-state index contributed by atoms with van der Waals surface area (Å²) >= 11 is 3.48. The van der Waals surface area contributed by atoms with Gasteiger partial charge in [0.05, 0.1) is 6.10 Å². The van der Waals surface area contributed by atoms with Gasteiger partial charge in [-0.15, -0.1) is 0 Å². The maximum absolute atomic E-state index is 13.0. The van der Waals surface area contributed by atoms with E-state index in [2.05, 4.69) is 27.3 Å². The van der Waals surface area contributed by atoms with Gasteiger partial charge in [-0.1, -0.05) is 39.7 Å². The van der Waals surface area contributed by atoms with Gasteiger partial charge in [0.1, 0.15) is 5.82 Å². The quantitative estimate of drug-likeness (QED) is 0.866. The minimum absolute atomic E-state index is 0.286. The van der Waals surface area contributed by atoms with Crippen molar-refractivity contribution < 1.29 is 9.50 Å². The molecule has 2 aromatic carbocycles. The van der Waals surface area contributed by atoms with E-state index in [1.54, 1.807) is 12.1 Å². The van der Waals surface area contributed by atoms with Crippen LogP contribution in [0.15, 0.2) is 46.9 Å². The Balaban J connectivity index is 1.92. The number of benzene rings is 2. The van der Waals surface area contributed by atoms with Crippen LogP contribution in [0.3, 0.4) is 0 Å². The molecule has 0 bridgehead atoms. The second kappa shape index (κ2) is 6.86. The van der Waals surface area contributed by atoms with Crippen LogP contribution in [0.2, 0.25) is 0 Å². The number of aryl methyl sites for hydroxylation is 1. The van der Waals surface area contributed by atoms with Crippen molar-refractivity contribution in [3.63, 3.8) is 0 Å². The second-order valence-corrected chi connectivity index (χ2v) is 5.70. The van der Waals surface area contributed by atoms with Crippen LogP contribution >= 0.6 is 15.9 Å². The lowest BCUT2D eigenvalue weighted by Crippen LogP contribution is -2.22. The first-order chi connectivity index (χ1) is 9.54. The van der Waals surface area contributed by atoms with Crippen molar-refractivity contribution in [2.45, 2.75) is 19.4 Å². The summed E-state index contributed by atoms with van der Waals surface area (Å²) in [6.45, 7) is 2.40. The highest BCUT2D eigenvalue weighted by atomic mass is 79.9. The normalized spacial score (nSPS) is 12.2. The monoisotopic (exact) mass is 337 g/mol. The SMILES string of the molecule is Cc1ccc(Br)c(C[C@H](O)CNc2cccc(F)c2)c1. The zero-order valence-corrected chi connectivity index (χ0v) is 12.8. The number of hydrogen-bond acceptors (Lipinski definition) is 2. The molecule has 2 rings (SSSR count). The van der Waals surface area contributed by atoms with Crippen molar-refractivity contribution >= 4 is 21.6 Å². The number of anilines is 1. The predicted octanol–water partition coefficient (Wildman–Crippen LogP) is 3.91. The molecule has 0 spiro atoms. The number of rotatable bonds is 5. The fourth-order valence-electron chi connectivity index (χ4n) is 2.02. The lowest BCUT2D eigenvalue weighted by Gasteiger charge is -2.14. The molecule has 0 fully saturated rings. The molecule has 0 aromatic heterocycles. The summed E-state index contributed by atoms with van der Waals surface area (Å²) in [4.78, 5) is 0. The molecule has 0 heterocycles. The van der Waals surface area contributed by atoms with Gasteiger partial charge in [0.15, 0.2) is 0 Å². The second-order valence-electron chi connectivity index (χ2n) is 4.84. The first-order valence-corrected chi connectivity index (χ1v) is 7.26. The lowest BCUT2D eigenvalue weighted by atomic mass is 10.1. The van der Waals surface area contributed by atoms with Crippen molar-refractivity contribution in [2.24, 2.45) is 0 Å². The molecule has 0 aliphatic rings. The third kappa shape index (κ3) is 4.32. The number of nitrogens with one attached hydrogen (secondary N) is 1. The first-order valence-electron chi connectivity index (χ1n) is 6.47. The zero-order chi connectivity index (χ0) is 14.5. The Morgan fingerprint density at radius 2 is 2.05 bits per heavy atom. The molecule has 2 aromatic rings. The van der Waals surface area contributed by atoms with E-state index in [0.29, 0.717) is 18.7 Å². The highest BCUT2D eigenvalue weighted by molar-refractivity contribution is 9.10. The number of aliphatic hydroxyl groups is 1. The average Bonchev–Trinajstić information content (AvgIpc) is 2.41. The van der Waals surface area contributed by atoms with Gasteiger partial charge in [0.25, 0.3) is 0 Å².